The summed E-state index contributed by atoms with van der Waals surface area (Å²) in [7, 11) is 1.84. The van der Waals surface area contributed by atoms with E-state index in [2.05, 4.69) is 5.32 Å². The molecule has 0 spiro atoms. The molecule has 1 saturated carbocycles. The first-order valence-electron chi connectivity index (χ1n) is 7.53. The molecular formula is C17H22F3N. The van der Waals surface area contributed by atoms with Crippen molar-refractivity contribution in [3.05, 3.63) is 41.0 Å². The molecule has 0 heterocycles. The van der Waals surface area contributed by atoms with E-state index >= 15 is 0 Å². The molecule has 0 saturated heterocycles. The fourth-order valence-electron chi connectivity index (χ4n) is 3.07. The number of rotatable bonds is 4. The minimum atomic E-state index is -4.30. The smallest absolute Gasteiger partial charge is 0.316 e. The monoisotopic (exact) mass is 297 g/mol. The third-order valence-electron chi connectivity index (χ3n) is 4.12. The van der Waals surface area contributed by atoms with Crippen LogP contribution in [-0.2, 0) is 6.18 Å². The quantitative estimate of drug-likeness (QED) is 0.834. The van der Waals surface area contributed by atoms with E-state index in [0.717, 1.165) is 24.5 Å². The summed E-state index contributed by atoms with van der Waals surface area (Å²) < 4.78 is 39.2. The summed E-state index contributed by atoms with van der Waals surface area (Å²) in [5, 5.41) is 3.09. The van der Waals surface area contributed by atoms with Crippen molar-refractivity contribution in [2.45, 2.75) is 38.3 Å². The summed E-state index contributed by atoms with van der Waals surface area (Å²) in [6.07, 6.45) is 3.20. The number of halogens is 3. The van der Waals surface area contributed by atoms with Gasteiger partial charge < -0.3 is 5.32 Å². The lowest BCUT2D eigenvalue weighted by molar-refractivity contribution is -0.137. The molecule has 0 radical (unpaired) electrons. The van der Waals surface area contributed by atoms with E-state index in [-0.39, 0.29) is 5.56 Å². The Morgan fingerprint density at radius 3 is 2.48 bits per heavy atom. The molecule has 1 fully saturated rings. The maximum Gasteiger partial charge on any atom is 0.416 e. The minimum Gasteiger partial charge on any atom is -0.316 e. The van der Waals surface area contributed by atoms with Gasteiger partial charge >= 0.3 is 6.18 Å². The van der Waals surface area contributed by atoms with Crippen molar-refractivity contribution in [3.8, 4) is 0 Å². The molecule has 2 rings (SSSR count). The average Bonchev–Trinajstić information content (AvgIpc) is 2.47. The van der Waals surface area contributed by atoms with Crippen LogP contribution in [0.1, 0.15) is 43.2 Å². The van der Waals surface area contributed by atoms with Gasteiger partial charge in [0.05, 0.1) is 5.56 Å². The predicted octanol–water partition coefficient (Wildman–Crippen LogP) is 4.89. The summed E-state index contributed by atoms with van der Waals surface area (Å²) in [4.78, 5) is 0. The van der Waals surface area contributed by atoms with E-state index in [1.807, 2.05) is 7.05 Å². The van der Waals surface area contributed by atoms with Crippen molar-refractivity contribution >= 4 is 6.08 Å². The van der Waals surface area contributed by atoms with Crippen molar-refractivity contribution in [2.24, 2.45) is 5.92 Å². The molecule has 1 aliphatic rings. The van der Waals surface area contributed by atoms with Crippen molar-refractivity contribution in [3.63, 3.8) is 0 Å². The third-order valence-corrected chi connectivity index (χ3v) is 4.12. The fourth-order valence-corrected chi connectivity index (χ4v) is 3.07. The second kappa shape index (κ2) is 7.12. The van der Waals surface area contributed by atoms with Gasteiger partial charge in [0, 0.05) is 6.54 Å². The van der Waals surface area contributed by atoms with Gasteiger partial charge in [0.25, 0.3) is 0 Å². The molecular weight excluding hydrogens is 275 g/mol. The van der Waals surface area contributed by atoms with E-state index < -0.39 is 11.7 Å². The van der Waals surface area contributed by atoms with Crippen LogP contribution in [0, 0.1) is 5.92 Å². The predicted molar refractivity (Wildman–Crippen MR) is 79.9 cm³/mol. The van der Waals surface area contributed by atoms with Crippen molar-refractivity contribution in [1.82, 2.24) is 5.32 Å². The topological polar surface area (TPSA) is 12.0 Å². The second-order valence-electron chi connectivity index (χ2n) is 5.67. The van der Waals surface area contributed by atoms with E-state index in [0.29, 0.717) is 12.5 Å². The summed E-state index contributed by atoms with van der Waals surface area (Å²) in [5.41, 5.74) is 0.823. The maximum atomic E-state index is 13.1. The van der Waals surface area contributed by atoms with Crippen LogP contribution in [0.2, 0.25) is 0 Å². The minimum absolute atomic E-state index is 0.279. The Morgan fingerprint density at radius 2 is 1.86 bits per heavy atom. The molecule has 0 atom stereocenters. The van der Waals surface area contributed by atoms with Crippen LogP contribution in [0.15, 0.2) is 29.8 Å². The zero-order valence-corrected chi connectivity index (χ0v) is 12.3. The molecule has 0 aliphatic heterocycles. The van der Waals surface area contributed by atoms with E-state index in [1.54, 1.807) is 18.2 Å². The van der Waals surface area contributed by atoms with Crippen LogP contribution in [0.25, 0.3) is 6.08 Å². The van der Waals surface area contributed by atoms with E-state index in [1.165, 1.54) is 25.3 Å². The number of likely N-dealkylation sites (N-methyl/N-ethyl adjacent to an activating group) is 1. The highest BCUT2D eigenvalue weighted by Crippen LogP contribution is 2.35. The van der Waals surface area contributed by atoms with E-state index in [4.69, 9.17) is 0 Å². The fraction of sp³-hybridized carbons (Fsp3) is 0.529. The summed E-state index contributed by atoms with van der Waals surface area (Å²) >= 11 is 0. The number of benzene rings is 1. The van der Waals surface area contributed by atoms with Gasteiger partial charge in [-0.25, -0.2) is 0 Å². The Hall–Kier alpha value is -1.29. The number of alkyl halides is 3. The molecule has 116 valence electrons. The Kier molecular flexibility index (Phi) is 5.45. The van der Waals surface area contributed by atoms with Crippen LogP contribution in [0.5, 0.6) is 0 Å². The SMILES string of the molecule is CNC/C(=C/c1ccccc1C(F)(F)F)C1CCCCC1. The average molecular weight is 297 g/mol. The Morgan fingerprint density at radius 1 is 1.19 bits per heavy atom. The molecule has 0 aromatic heterocycles. The van der Waals surface area contributed by atoms with Gasteiger partial charge in [0.2, 0.25) is 0 Å². The molecule has 0 unspecified atom stereocenters. The third kappa shape index (κ3) is 4.34. The van der Waals surface area contributed by atoms with Crippen LogP contribution < -0.4 is 5.32 Å². The lowest BCUT2D eigenvalue weighted by Crippen LogP contribution is -2.19. The lowest BCUT2D eigenvalue weighted by Gasteiger charge is -2.25. The molecule has 1 nitrogen and oxygen atoms in total. The van der Waals surface area contributed by atoms with Gasteiger partial charge in [-0.15, -0.1) is 0 Å². The highest BCUT2D eigenvalue weighted by Gasteiger charge is 2.32. The zero-order chi connectivity index (χ0) is 15.3. The number of nitrogens with one attached hydrogen (secondary N) is 1. The van der Waals surface area contributed by atoms with Gasteiger partial charge in [0.15, 0.2) is 0 Å². The van der Waals surface area contributed by atoms with Crippen molar-refractivity contribution in [1.29, 1.82) is 0 Å². The highest BCUT2D eigenvalue weighted by molar-refractivity contribution is 5.58. The highest BCUT2D eigenvalue weighted by atomic mass is 19.4. The van der Waals surface area contributed by atoms with Gasteiger partial charge in [0.1, 0.15) is 0 Å². The summed E-state index contributed by atoms with van der Waals surface area (Å²) in [6.45, 7) is 0.650. The molecule has 21 heavy (non-hydrogen) atoms. The summed E-state index contributed by atoms with van der Waals surface area (Å²) in [5.74, 6) is 0.410. The first kappa shape index (κ1) is 16.1. The first-order chi connectivity index (χ1) is 10.0. The molecule has 4 heteroatoms. The van der Waals surface area contributed by atoms with Gasteiger partial charge in [-0.3, -0.25) is 0 Å². The molecule has 0 amide bonds. The first-order valence-corrected chi connectivity index (χ1v) is 7.53. The largest absolute Gasteiger partial charge is 0.416 e. The van der Waals surface area contributed by atoms with Crippen molar-refractivity contribution < 1.29 is 13.2 Å². The molecule has 1 aromatic rings. The molecule has 0 bridgehead atoms. The van der Waals surface area contributed by atoms with Crippen molar-refractivity contribution in [2.75, 3.05) is 13.6 Å². The van der Waals surface area contributed by atoms with Crippen LogP contribution in [0.4, 0.5) is 13.2 Å². The van der Waals surface area contributed by atoms with Gasteiger partial charge in [-0.1, -0.05) is 49.1 Å². The standard InChI is InChI=1S/C17H22F3N/c1-21-12-15(13-7-3-2-4-8-13)11-14-9-5-6-10-16(14)17(18,19)20/h5-6,9-11,13,21H,2-4,7-8,12H2,1H3/b15-11-. The van der Waals surface area contributed by atoms with Crippen LogP contribution in [0.3, 0.4) is 0 Å². The number of hydrogen-bond donors (Lipinski definition) is 1. The Bertz CT molecular complexity index is 485. The van der Waals surface area contributed by atoms with Crippen LogP contribution >= 0.6 is 0 Å². The number of hydrogen-bond acceptors (Lipinski definition) is 1. The lowest BCUT2D eigenvalue weighted by atomic mass is 9.82. The molecule has 1 aliphatic carbocycles. The Balaban J connectivity index is 2.33. The normalized spacial score (nSPS) is 18.0. The summed E-state index contributed by atoms with van der Waals surface area (Å²) in [6, 6.07) is 5.82. The molecule has 1 aromatic carbocycles. The van der Waals surface area contributed by atoms with Crippen LogP contribution in [-0.4, -0.2) is 13.6 Å². The van der Waals surface area contributed by atoms with E-state index in [9.17, 15) is 13.2 Å². The molecule has 1 N–H and O–H groups in total. The second-order valence-corrected chi connectivity index (χ2v) is 5.67. The van der Waals surface area contributed by atoms with Gasteiger partial charge in [-0.2, -0.15) is 13.2 Å². The Labute approximate surface area is 124 Å². The maximum absolute atomic E-state index is 13.1. The van der Waals surface area contributed by atoms with Gasteiger partial charge in [-0.05, 0) is 37.4 Å². The zero-order valence-electron chi connectivity index (χ0n) is 12.3.